The molecule has 0 radical (unpaired) electrons. The summed E-state index contributed by atoms with van der Waals surface area (Å²) in [6.07, 6.45) is 1.67. The summed E-state index contributed by atoms with van der Waals surface area (Å²) in [6.45, 7) is 6.29. The normalized spacial score (nSPS) is 11.8. The van der Waals surface area contributed by atoms with Crippen molar-refractivity contribution in [1.29, 1.82) is 0 Å². The van der Waals surface area contributed by atoms with Crippen molar-refractivity contribution < 1.29 is 8.91 Å². The molecule has 5 heteroatoms. The second kappa shape index (κ2) is 5.71. The number of nitrogens with zero attached hydrogens (tertiary/aromatic N) is 2. The molecule has 108 valence electrons. The maximum atomic E-state index is 13.3. The molecular formula is C15H20FN3O. The first-order valence-electron chi connectivity index (χ1n) is 6.87. The molecule has 0 saturated heterocycles. The van der Waals surface area contributed by atoms with E-state index in [1.807, 2.05) is 0 Å². The summed E-state index contributed by atoms with van der Waals surface area (Å²) in [6, 6.07) is 4.78. The fourth-order valence-corrected chi connectivity index (χ4v) is 2.27. The Morgan fingerprint density at radius 1 is 1.30 bits per heavy atom. The number of rotatable bonds is 5. The first kappa shape index (κ1) is 14.7. The van der Waals surface area contributed by atoms with E-state index >= 15 is 0 Å². The zero-order chi connectivity index (χ0) is 14.8. The second-order valence-electron chi connectivity index (χ2n) is 5.08. The molecule has 0 aliphatic heterocycles. The largest absolute Gasteiger partial charge is 0.338 e. The number of halogens is 1. The number of aryl methyl sites for hydroxylation is 1. The third-order valence-corrected chi connectivity index (χ3v) is 4.04. The van der Waals surface area contributed by atoms with Gasteiger partial charge in [-0.2, -0.15) is 4.98 Å². The molecule has 0 fully saturated rings. The molecule has 2 N–H and O–H groups in total. The highest BCUT2D eigenvalue weighted by Gasteiger charge is 2.33. The van der Waals surface area contributed by atoms with Crippen LogP contribution in [0.25, 0.3) is 11.4 Å². The van der Waals surface area contributed by atoms with E-state index in [9.17, 15) is 4.39 Å². The van der Waals surface area contributed by atoms with Gasteiger partial charge in [-0.05, 0) is 43.5 Å². The molecule has 0 bridgehead atoms. The molecule has 0 saturated carbocycles. The third-order valence-electron chi connectivity index (χ3n) is 4.04. The number of hydrogen-bond donors (Lipinski definition) is 1. The Balaban J connectivity index is 2.39. The molecular weight excluding hydrogens is 257 g/mol. The van der Waals surface area contributed by atoms with Gasteiger partial charge in [-0.1, -0.05) is 19.0 Å². The lowest BCUT2D eigenvalue weighted by atomic mass is 9.82. The Bertz CT molecular complexity index is 582. The van der Waals surface area contributed by atoms with Crippen LogP contribution in [0, 0.1) is 12.7 Å². The number of hydrogen-bond acceptors (Lipinski definition) is 4. The van der Waals surface area contributed by atoms with Gasteiger partial charge >= 0.3 is 0 Å². The molecule has 0 unspecified atom stereocenters. The maximum absolute atomic E-state index is 13.3. The van der Waals surface area contributed by atoms with Crippen LogP contribution in [0.4, 0.5) is 4.39 Å². The topological polar surface area (TPSA) is 64.9 Å². The van der Waals surface area contributed by atoms with Crippen molar-refractivity contribution in [3.05, 3.63) is 35.5 Å². The molecule has 2 aromatic rings. The highest BCUT2D eigenvalue weighted by molar-refractivity contribution is 5.55. The van der Waals surface area contributed by atoms with Gasteiger partial charge in [0.25, 0.3) is 0 Å². The predicted molar refractivity (Wildman–Crippen MR) is 75.7 cm³/mol. The molecule has 1 aromatic heterocycles. The minimum Gasteiger partial charge on any atom is -0.338 e. The highest BCUT2D eigenvalue weighted by atomic mass is 19.1. The first-order valence-corrected chi connectivity index (χ1v) is 6.87. The molecule has 20 heavy (non-hydrogen) atoms. The summed E-state index contributed by atoms with van der Waals surface area (Å²) in [7, 11) is 0. The van der Waals surface area contributed by atoms with Crippen LogP contribution in [0.2, 0.25) is 0 Å². The minimum atomic E-state index is -0.277. The monoisotopic (exact) mass is 277 g/mol. The van der Waals surface area contributed by atoms with Crippen molar-refractivity contribution in [2.75, 3.05) is 6.54 Å². The molecule has 0 aliphatic rings. The van der Waals surface area contributed by atoms with Crippen LogP contribution in [0.1, 0.15) is 38.1 Å². The van der Waals surface area contributed by atoms with Crippen LogP contribution < -0.4 is 5.73 Å². The van der Waals surface area contributed by atoms with Crippen LogP contribution in [-0.2, 0) is 5.41 Å². The van der Waals surface area contributed by atoms with E-state index in [1.54, 1.807) is 19.1 Å². The average molecular weight is 277 g/mol. The minimum absolute atomic E-state index is 0.240. The Labute approximate surface area is 118 Å². The van der Waals surface area contributed by atoms with Crippen LogP contribution in [0.15, 0.2) is 22.7 Å². The standard InChI is InChI=1S/C15H20FN3O/c1-4-15(5-2,9-17)14-18-13(19-20-14)11-6-7-12(16)10(3)8-11/h6-8H,4-5,9,17H2,1-3H3. The van der Waals surface area contributed by atoms with Crippen LogP contribution in [0.5, 0.6) is 0 Å². The number of nitrogens with two attached hydrogens (primary N) is 1. The highest BCUT2D eigenvalue weighted by Crippen LogP contribution is 2.30. The summed E-state index contributed by atoms with van der Waals surface area (Å²) in [5.74, 6) is 0.792. The average Bonchev–Trinajstić information content (AvgIpc) is 2.95. The summed E-state index contributed by atoms with van der Waals surface area (Å²) >= 11 is 0. The maximum Gasteiger partial charge on any atom is 0.234 e. The fraction of sp³-hybridized carbons (Fsp3) is 0.467. The van der Waals surface area contributed by atoms with Gasteiger partial charge in [-0.15, -0.1) is 0 Å². The van der Waals surface area contributed by atoms with E-state index in [4.69, 9.17) is 10.3 Å². The SMILES string of the molecule is CCC(CC)(CN)c1nc(-c2ccc(F)c(C)c2)no1. The van der Waals surface area contributed by atoms with Crippen molar-refractivity contribution in [3.8, 4) is 11.4 Å². The second-order valence-corrected chi connectivity index (χ2v) is 5.08. The van der Waals surface area contributed by atoms with E-state index < -0.39 is 0 Å². The zero-order valence-electron chi connectivity index (χ0n) is 12.1. The van der Waals surface area contributed by atoms with Gasteiger partial charge in [-0.25, -0.2) is 4.39 Å². The molecule has 2 rings (SSSR count). The summed E-state index contributed by atoms with van der Waals surface area (Å²) in [4.78, 5) is 4.46. The first-order chi connectivity index (χ1) is 9.56. The van der Waals surface area contributed by atoms with E-state index in [0.717, 1.165) is 18.4 Å². The van der Waals surface area contributed by atoms with Crippen molar-refractivity contribution in [1.82, 2.24) is 10.1 Å². The molecule has 0 spiro atoms. The summed E-state index contributed by atoms with van der Waals surface area (Å²) < 4.78 is 18.7. The Morgan fingerprint density at radius 2 is 2.00 bits per heavy atom. The van der Waals surface area contributed by atoms with Gasteiger partial charge in [0, 0.05) is 12.1 Å². The van der Waals surface area contributed by atoms with Gasteiger partial charge in [0.05, 0.1) is 5.41 Å². The molecule has 1 heterocycles. The van der Waals surface area contributed by atoms with Crippen LogP contribution >= 0.6 is 0 Å². The van der Waals surface area contributed by atoms with Crippen LogP contribution in [0.3, 0.4) is 0 Å². The fourth-order valence-electron chi connectivity index (χ4n) is 2.27. The smallest absolute Gasteiger partial charge is 0.234 e. The molecule has 0 amide bonds. The lowest BCUT2D eigenvalue weighted by molar-refractivity contribution is 0.267. The number of aromatic nitrogens is 2. The van der Waals surface area contributed by atoms with E-state index in [-0.39, 0.29) is 11.2 Å². The summed E-state index contributed by atoms with van der Waals surface area (Å²) in [5, 5.41) is 4.00. The molecule has 0 atom stereocenters. The van der Waals surface area contributed by atoms with E-state index in [2.05, 4.69) is 24.0 Å². The van der Waals surface area contributed by atoms with Crippen molar-refractivity contribution in [2.24, 2.45) is 5.73 Å². The Hall–Kier alpha value is -1.75. The van der Waals surface area contributed by atoms with Crippen molar-refractivity contribution in [2.45, 2.75) is 39.0 Å². The predicted octanol–water partition coefficient (Wildman–Crippen LogP) is 3.20. The van der Waals surface area contributed by atoms with Crippen LogP contribution in [-0.4, -0.2) is 16.7 Å². The summed E-state index contributed by atoms with van der Waals surface area (Å²) in [5.41, 5.74) is 6.91. The zero-order valence-corrected chi connectivity index (χ0v) is 12.1. The molecule has 0 aliphatic carbocycles. The van der Waals surface area contributed by atoms with Gasteiger partial charge in [0.1, 0.15) is 5.82 Å². The van der Waals surface area contributed by atoms with Crippen molar-refractivity contribution in [3.63, 3.8) is 0 Å². The van der Waals surface area contributed by atoms with E-state index in [0.29, 0.717) is 23.8 Å². The number of benzene rings is 1. The quantitative estimate of drug-likeness (QED) is 0.911. The molecule has 4 nitrogen and oxygen atoms in total. The van der Waals surface area contributed by atoms with Gasteiger partial charge in [0.2, 0.25) is 11.7 Å². The third kappa shape index (κ3) is 2.45. The molecule has 1 aromatic carbocycles. The lowest BCUT2D eigenvalue weighted by Crippen LogP contribution is -2.34. The van der Waals surface area contributed by atoms with Gasteiger partial charge in [0.15, 0.2) is 0 Å². The van der Waals surface area contributed by atoms with E-state index in [1.165, 1.54) is 6.07 Å². The van der Waals surface area contributed by atoms with Gasteiger partial charge < -0.3 is 10.3 Å². The lowest BCUT2D eigenvalue weighted by Gasteiger charge is -2.24. The Kier molecular flexibility index (Phi) is 4.18. The van der Waals surface area contributed by atoms with Gasteiger partial charge in [-0.3, -0.25) is 0 Å². The Morgan fingerprint density at radius 3 is 2.55 bits per heavy atom. The van der Waals surface area contributed by atoms with Crippen molar-refractivity contribution >= 4 is 0 Å².